The molecule has 0 amide bonds. The first-order chi connectivity index (χ1) is 10.1. The molecule has 1 aliphatic heterocycles. The molecule has 2 aromatic carbocycles. The van der Waals surface area contributed by atoms with Gasteiger partial charge in [0.1, 0.15) is 22.8 Å². The molecule has 1 aliphatic rings. The zero-order valence-corrected chi connectivity index (χ0v) is 12.7. The van der Waals surface area contributed by atoms with Crippen molar-refractivity contribution in [3.63, 3.8) is 0 Å². The van der Waals surface area contributed by atoms with E-state index in [-0.39, 0.29) is 11.6 Å². The molecule has 2 aromatic rings. The smallest absolute Gasteiger partial charge is 0.128 e. The Morgan fingerprint density at radius 1 is 1.10 bits per heavy atom. The van der Waals surface area contributed by atoms with Gasteiger partial charge in [-0.2, -0.15) is 0 Å². The number of fused-ring (bicyclic) bond motifs is 1. The molecule has 0 aliphatic carbocycles. The lowest BCUT2D eigenvalue weighted by molar-refractivity contribution is 0.0674. The Hall–Kier alpha value is -2.00. The van der Waals surface area contributed by atoms with Crippen molar-refractivity contribution in [2.75, 3.05) is 7.05 Å². The molecule has 110 valence electrons. The lowest BCUT2D eigenvalue weighted by Gasteiger charge is -2.37. The third-order valence-electron chi connectivity index (χ3n) is 3.77. The lowest BCUT2D eigenvalue weighted by Crippen LogP contribution is -2.38. The van der Waals surface area contributed by atoms with Crippen LogP contribution < -0.4 is 14.8 Å². The van der Waals surface area contributed by atoms with Crippen molar-refractivity contribution < 1.29 is 9.47 Å². The second kappa shape index (κ2) is 5.41. The van der Waals surface area contributed by atoms with Crippen LogP contribution >= 0.6 is 0 Å². The summed E-state index contributed by atoms with van der Waals surface area (Å²) in [5.74, 6) is 2.62. The highest BCUT2D eigenvalue weighted by Crippen LogP contribution is 2.41. The normalized spacial score (nSPS) is 19.5. The van der Waals surface area contributed by atoms with Crippen LogP contribution in [0.25, 0.3) is 0 Å². The Morgan fingerprint density at radius 2 is 1.86 bits per heavy atom. The molecule has 0 saturated carbocycles. The van der Waals surface area contributed by atoms with Crippen LogP contribution in [0.15, 0.2) is 48.5 Å². The molecule has 0 fully saturated rings. The Labute approximate surface area is 125 Å². The molecule has 3 nitrogen and oxygen atoms in total. The van der Waals surface area contributed by atoms with Crippen LogP contribution in [0.4, 0.5) is 0 Å². The Morgan fingerprint density at radius 3 is 2.57 bits per heavy atom. The van der Waals surface area contributed by atoms with Gasteiger partial charge in [-0.1, -0.05) is 18.2 Å². The van der Waals surface area contributed by atoms with E-state index in [1.54, 1.807) is 0 Å². The zero-order chi connectivity index (χ0) is 14.9. The van der Waals surface area contributed by atoms with Crippen molar-refractivity contribution in [3.8, 4) is 17.2 Å². The summed E-state index contributed by atoms with van der Waals surface area (Å²) in [6, 6.07) is 16.1. The van der Waals surface area contributed by atoms with E-state index in [1.165, 1.54) is 0 Å². The van der Waals surface area contributed by atoms with E-state index >= 15 is 0 Å². The number of benzene rings is 2. The molecule has 21 heavy (non-hydrogen) atoms. The standard InChI is InChI=1S/C18H21NO2/c1-18(2)12-16(19-3)15-11-14(9-10-17(15)21-18)20-13-7-5-4-6-8-13/h4-11,16,19H,12H2,1-3H3. The molecule has 0 aromatic heterocycles. The molecule has 3 rings (SSSR count). The van der Waals surface area contributed by atoms with Gasteiger partial charge < -0.3 is 14.8 Å². The van der Waals surface area contributed by atoms with Gasteiger partial charge in [0.15, 0.2) is 0 Å². The van der Waals surface area contributed by atoms with Crippen molar-refractivity contribution in [1.29, 1.82) is 0 Å². The highest BCUT2D eigenvalue weighted by molar-refractivity contribution is 5.45. The lowest BCUT2D eigenvalue weighted by atomic mass is 9.90. The molecule has 1 heterocycles. The first kappa shape index (κ1) is 14.0. The maximum Gasteiger partial charge on any atom is 0.128 e. The van der Waals surface area contributed by atoms with Crippen LogP contribution in [0.1, 0.15) is 31.9 Å². The van der Waals surface area contributed by atoms with Crippen molar-refractivity contribution in [1.82, 2.24) is 5.32 Å². The monoisotopic (exact) mass is 283 g/mol. The minimum atomic E-state index is -0.150. The maximum atomic E-state index is 6.06. The van der Waals surface area contributed by atoms with E-state index < -0.39 is 0 Å². The predicted octanol–water partition coefficient (Wildman–Crippen LogP) is 4.30. The fourth-order valence-corrected chi connectivity index (χ4v) is 2.78. The van der Waals surface area contributed by atoms with Gasteiger partial charge in [0.05, 0.1) is 0 Å². The van der Waals surface area contributed by atoms with E-state index in [1.807, 2.05) is 49.5 Å². The number of hydrogen-bond donors (Lipinski definition) is 1. The van der Waals surface area contributed by atoms with Crippen LogP contribution in [-0.4, -0.2) is 12.6 Å². The maximum absolute atomic E-state index is 6.06. The molecule has 0 radical (unpaired) electrons. The SMILES string of the molecule is CNC1CC(C)(C)Oc2ccc(Oc3ccccc3)cc21. The summed E-state index contributed by atoms with van der Waals surface area (Å²) in [7, 11) is 1.99. The van der Waals surface area contributed by atoms with Crippen LogP contribution in [0.2, 0.25) is 0 Å². The summed E-state index contributed by atoms with van der Waals surface area (Å²) in [6.07, 6.45) is 0.936. The highest BCUT2D eigenvalue weighted by atomic mass is 16.5. The average molecular weight is 283 g/mol. The number of rotatable bonds is 3. The zero-order valence-electron chi connectivity index (χ0n) is 12.7. The van der Waals surface area contributed by atoms with Crippen molar-refractivity contribution in [2.24, 2.45) is 0 Å². The number of nitrogens with one attached hydrogen (secondary N) is 1. The third-order valence-corrected chi connectivity index (χ3v) is 3.77. The first-order valence-corrected chi connectivity index (χ1v) is 7.30. The number of hydrogen-bond acceptors (Lipinski definition) is 3. The Bertz CT molecular complexity index is 622. The van der Waals surface area contributed by atoms with E-state index in [2.05, 4.69) is 25.2 Å². The summed E-state index contributed by atoms with van der Waals surface area (Å²) < 4.78 is 12.0. The summed E-state index contributed by atoms with van der Waals surface area (Å²) >= 11 is 0. The number of para-hydroxylation sites is 1. The van der Waals surface area contributed by atoms with Gasteiger partial charge in [0.25, 0.3) is 0 Å². The van der Waals surface area contributed by atoms with Gasteiger partial charge in [0.2, 0.25) is 0 Å². The molecule has 1 N–H and O–H groups in total. The fourth-order valence-electron chi connectivity index (χ4n) is 2.78. The summed E-state index contributed by atoms with van der Waals surface area (Å²) in [5, 5.41) is 3.37. The van der Waals surface area contributed by atoms with Gasteiger partial charge in [-0.25, -0.2) is 0 Å². The van der Waals surface area contributed by atoms with Gasteiger partial charge >= 0.3 is 0 Å². The minimum Gasteiger partial charge on any atom is -0.487 e. The molecule has 3 heteroatoms. The summed E-state index contributed by atoms with van der Waals surface area (Å²) in [4.78, 5) is 0. The quantitative estimate of drug-likeness (QED) is 0.911. The number of ether oxygens (including phenoxy) is 2. The summed E-state index contributed by atoms with van der Waals surface area (Å²) in [6.45, 7) is 4.24. The van der Waals surface area contributed by atoms with E-state index in [0.29, 0.717) is 0 Å². The average Bonchev–Trinajstić information content (AvgIpc) is 2.47. The molecule has 0 saturated heterocycles. The second-order valence-electron chi connectivity index (χ2n) is 6.02. The molecular weight excluding hydrogens is 262 g/mol. The van der Waals surface area contributed by atoms with E-state index in [4.69, 9.17) is 9.47 Å². The third kappa shape index (κ3) is 3.03. The van der Waals surface area contributed by atoms with Crippen molar-refractivity contribution in [3.05, 3.63) is 54.1 Å². The first-order valence-electron chi connectivity index (χ1n) is 7.30. The van der Waals surface area contributed by atoms with Crippen molar-refractivity contribution in [2.45, 2.75) is 31.9 Å². The Balaban J connectivity index is 1.90. The highest BCUT2D eigenvalue weighted by Gasteiger charge is 2.33. The van der Waals surface area contributed by atoms with E-state index in [0.717, 1.165) is 29.2 Å². The second-order valence-corrected chi connectivity index (χ2v) is 6.02. The topological polar surface area (TPSA) is 30.5 Å². The van der Waals surface area contributed by atoms with Crippen LogP contribution in [0.3, 0.4) is 0 Å². The summed E-state index contributed by atoms with van der Waals surface area (Å²) in [5.41, 5.74) is 1.01. The fraction of sp³-hybridized carbons (Fsp3) is 0.333. The largest absolute Gasteiger partial charge is 0.487 e. The van der Waals surface area contributed by atoms with Crippen LogP contribution in [0, 0.1) is 0 Å². The van der Waals surface area contributed by atoms with Gasteiger partial charge in [-0.3, -0.25) is 0 Å². The van der Waals surface area contributed by atoms with Crippen molar-refractivity contribution >= 4 is 0 Å². The van der Waals surface area contributed by atoms with Crippen LogP contribution in [-0.2, 0) is 0 Å². The van der Waals surface area contributed by atoms with Gasteiger partial charge in [0, 0.05) is 18.0 Å². The molecule has 0 bridgehead atoms. The molecule has 1 unspecified atom stereocenters. The predicted molar refractivity (Wildman–Crippen MR) is 84.1 cm³/mol. The van der Waals surface area contributed by atoms with Gasteiger partial charge in [-0.05, 0) is 51.2 Å². The molecular formula is C18H21NO2. The molecule has 0 spiro atoms. The molecule has 1 atom stereocenters. The van der Waals surface area contributed by atoms with E-state index in [9.17, 15) is 0 Å². The van der Waals surface area contributed by atoms with Crippen LogP contribution in [0.5, 0.6) is 17.2 Å². The minimum absolute atomic E-state index is 0.150. The Kier molecular flexibility index (Phi) is 3.60. The van der Waals surface area contributed by atoms with Gasteiger partial charge in [-0.15, -0.1) is 0 Å².